The summed E-state index contributed by atoms with van der Waals surface area (Å²) in [7, 11) is 0. The van der Waals surface area contributed by atoms with Crippen LogP contribution in [0.1, 0.15) is 18.9 Å². The van der Waals surface area contributed by atoms with E-state index in [0.29, 0.717) is 6.42 Å². The maximum atomic E-state index is 10.3. The Morgan fingerprint density at radius 3 is 2.54 bits per heavy atom. The van der Waals surface area contributed by atoms with E-state index in [1.54, 1.807) is 0 Å². The van der Waals surface area contributed by atoms with Gasteiger partial charge in [0.05, 0.1) is 4.92 Å². The Labute approximate surface area is 76.9 Å². The molecule has 68 valence electrons. The summed E-state index contributed by atoms with van der Waals surface area (Å²) in [5.74, 6) is 0. The van der Waals surface area contributed by atoms with Crippen molar-refractivity contribution in [3.63, 3.8) is 0 Å². The van der Waals surface area contributed by atoms with Crippen molar-refractivity contribution in [3.8, 4) is 0 Å². The minimum absolute atomic E-state index is 0.411. The summed E-state index contributed by atoms with van der Waals surface area (Å²) in [4.78, 5) is 9.86. The molecule has 0 aliphatic rings. The molecule has 0 unspecified atom stereocenters. The van der Waals surface area contributed by atoms with Gasteiger partial charge in [-0.3, -0.25) is 10.1 Å². The molecule has 1 aromatic carbocycles. The standard InChI is InChI=1S/C10H11NO2/c1-2-9(8-11(12)13)10-6-4-3-5-7-10/h3-8H,2H2,1H3. The van der Waals surface area contributed by atoms with E-state index in [4.69, 9.17) is 0 Å². The van der Waals surface area contributed by atoms with Crippen molar-refractivity contribution in [3.05, 3.63) is 52.2 Å². The van der Waals surface area contributed by atoms with Gasteiger partial charge in [0.25, 0.3) is 0 Å². The van der Waals surface area contributed by atoms with Crippen molar-refractivity contribution >= 4 is 5.57 Å². The normalized spacial score (nSPS) is 11.3. The molecule has 0 N–H and O–H groups in total. The molecule has 13 heavy (non-hydrogen) atoms. The van der Waals surface area contributed by atoms with Gasteiger partial charge in [-0.05, 0) is 12.0 Å². The lowest BCUT2D eigenvalue weighted by atomic mass is 10.1. The summed E-state index contributed by atoms with van der Waals surface area (Å²) in [6.45, 7) is 1.91. The summed E-state index contributed by atoms with van der Waals surface area (Å²) < 4.78 is 0. The molecular formula is C10H11NO2. The second-order valence-electron chi connectivity index (χ2n) is 2.66. The molecule has 3 heteroatoms. The van der Waals surface area contributed by atoms with Crippen LogP contribution in [0.4, 0.5) is 0 Å². The average Bonchev–Trinajstić information content (AvgIpc) is 2.15. The first-order chi connectivity index (χ1) is 6.24. The van der Waals surface area contributed by atoms with Crippen LogP contribution in [0, 0.1) is 10.1 Å². The fraction of sp³-hybridized carbons (Fsp3) is 0.200. The Kier molecular flexibility index (Phi) is 3.20. The topological polar surface area (TPSA) is 43.1 Å². The van der Waals surface area contributed by atoms with Gasteiger partial charge in [-0.15, -0.1) is 0 Å². The van der Waals surface area contributed by atoms with E-state index in [1.807, 2.05) is 37.3 Å². The number of nitrogens with zero attached hydrogens (tertiary/aromatic N) is 1. The highest BCUT2D eigenvalue weighted by molar-refractivity contribution is 5.63. The first-order valence-electron chi connectivity index (χ1n) is 4.13. The summed E-state index contributed by atoms with van der Waals surface area (Å²) in [6.07, 6.45) is 1.74. The third kappa shape index (κ3) is 2.71. The molecule has 3 nitrogen and oxygen atoms in total. The van der Waals surface area contributed by atoms with Crippen LogP contribution in [0.25, 0.3) is 5.57 Å². The maximum absolute atomic E-state index is 10.3. The minimum Gasteiger partial charge on any atom is -0.259 e. The monoisotopic (exact) mass is 177 g/mol. The van der Waals surface area contributed by atoms with E-state index < -0.39 is 4.92 Å². The van der Waals surface area contributed by atoms with Crippen LogP contribution in [-0.2, 0) is 0 Å². The van der Waals surface area contributed by atoms with Gasteiger partial charge in [-0.25, -0.2) is 0 Å². The third-order valence-corrected chi connectivity index (χ3v) is 1.79. The molecule has 1 rings (SSSR count). The van der Waals surface area contributed by atoms with Crippen LogP contribution in [-0.4, -0.2) is 4.92 Å². The lowest BCUT2D eigenvalue weighted by Gasteiger charge is -1.99. The smallest absolute Gasteiger partial charge is 0.238 e. The SMILES string of the molecule is CCC(=C[N+](=O)[O-])c1ccccc1. The van der Waals surface area contributed by atoms with Gasteiger partial charge >= 0.3 is 0 Å². The van der Waals surface area contributed by atoms with Crippen LogP contribution in [0.2, 0.25) is 0 Å². The van der Waals surface area contributed by atoms with Gasteiger partial charge in [-0.1, -0.05) is 37.3 Å². The van der Waals surface area contributed by atoms with Crippen LogP contribution >= 0.6 is 0 Å². The molecular weight excluding hydrogens is 166 g/mol. The van der Waals surface area contributed by atoms with Crippen molar-refractivity contribution in [2.75, 3.05) is 0 Å². The number of allylic oxidation sites excluding steroid dienone is 1. The number of benzene rings is 1. The second kappa shape index (κ2) is 4.40. The Hall–Kier alpha value is -1.64. The van der Waals surface area contributed by atoms with Crippen molar-refractivity contribution in [1.29, 1.82) is 0 Å². The molecule has 0 amide bonds. The summed E-state index contributed by atoms with van der Waals surface area (Å²) in [5, 5.41) is 10.3. The maximum Gasteiger partial charge on any atom is 0.238 e. The molecule has 0 fully saturated rings. The molecule has 0 saturated heterocycles. The molecule has 0 atom stereocenters. The fourth-order valence-electron chi connectivity index (χ4n) is 1.15. The molecule has 0 radical (unpaired) electrons. The highest BCUT2D eigenvalue weighted by Gasteiger charge is 2.02. The predicted octanol–water partition coefficient (Wildman–Crippen LogP) is 2.71. The minimum atomic E-state index is -0.411. The fourth-order valence-corrected chi connectivity index (χ4v) is 1.15. The molecule has 0 spiro atoms. The van der Waals surface area contributed by atoms with Gasteiger partial charge in [0.15, 0.2) is 0 Å². The molecule has 0 aliphatic carbocycles. The van der Waals surface area contributed by atoms with Crippen molar-refractivity contribution in [1.82, 2.24) is 0 Å². The lowest BCUT2D eigenvalue weighted by Crippen LogP contribution is -1.89. The third-order valence-electron chi connectivity index (χ3n) is 1.79. The zero-order valence-electron chi connectivity index (χ0n) is 7.43. The van der Waals surface area contributed by atoms with Crippen LogP contribution in [0.15, 0.2) is 36.5 Å². The zero-order valence-corrected chi connectivity index (χ0v) is 7.43. The number of nitro groups is 1. The average molecular weight is 177 g/mol. The Morgan fingerprint density at radius 1 is 1.46 bits per heavy atom. The van der Waals surface area contributed by atoms with E-state index in [1.165, 1.54) is 0 Å². The molecule has 1 aromatic rings. The summed E-state index contributed by atoms with van der Waals surface area (Å²) in [5.41, 5.74) is 1.67. The molecule has 0 bridgehead atoms. The molecule has 0 saturated carbocycles. The summed E-state index contributed by atoms with van der Waals surface area (Å²) >= 11 is 0. The Balaban J connectivity index is 2.98. The van der Waals surface area contributed by atoms with Crippen LogP contribution in [0.5, 0.6) is 0 Å². The predicted molar refractivity (Wildman–Crippen MR) is 51.7 cm³/mol. The van der Waals surface area contributed by atoms with Crippen molar-refractivity contribution in [2.24, 2.45) is 0 Å². The van der Waals surface area contributed by atoms with Crippen molar-refractivity contribution in [2.45, 2.75) is 13.3 Å². The van der Waals surface area contributed by atoms with E-state index in [0.717, 1.165) is 17.3 Å². The van der Waals surface area contributed by atoms with E-state index in [-0.39, 0.29) is 0 Å². The van der Waals surface area contributed by atoms with Crippen molar-refractivity contribution < 1.29 is 4.92 Å². The van der Waals surface area contributed by atoms with Gasteiger partial charge in [-0.2, -0.15) is 0 Å². The second-order valence-corrected chi connectivity index (χ2v) is 2.66. The highest BCUT2D eigenvalue weighted by Crippen LogP contribution is 2.16. The van der Waals surface area contributed by atoms with Gasteiger partial charge in [0.2, 0.25) is 6.20 Å². The number of hydrogen-bond acceptors (Lipinski definition) is 2. The van der Waals surface area contributed by atoms with Gasteiger partial charge in [0.1, 0.15) is 0 Å². The quantitative estimate of drug-likeness (QED) is 0.526. The Morgan fingerprint density at radius 2 is 2.08 bits per heavy atom. The molecule has 0 heterocycles. The van der Waals surface area contributed by atoms with Crippen LogP contribution in [0.3, 0.4) is 0 Å². The number of hydrogen-bond donors (Lipinski definition) is 0. The molecule has 0 aliphatic heterocycles. The molecule has 0 aromatic heterocycles. The van der Waals surface area contributed by atoms with E-state index in [9.17, 15) is 10.1 Å². The Bertz CT molecular complexity index is 317. The summed E-state index contributed by atoms with van der Waals surface area (Å²) in [6, 6.07) is 9.39. The first kappa shape index (κ1) is 9.45. The zero-order chi connectivity index (χ0) is 9.68. The number of rotatable bonds is 3. The van der Waals surface area contributed by atoms with Gasteiger partial charge < -0.3 is 0 Å². The largest absolute Gasteiger partial charge is 0.259 e. The van der Waals surface area contributed by atoms with E-state index in [2.05, 4.69) is 0 Å². The lowest BCUT2D eigenvalue weighted by molar-refractivity contribution is -0.401. The first-order valence-corrected chi connectivity index (χ1v) is 4.13. The van der Waals surface area contributed by atoms with Crippen LogP contribution < -0.4 is 0 Å². The highest BCUT2D eigenvalue weighted by atomic mass is 16.6. The van der Waals surface area contributed by atoms with E-state index >= 15 is 0 Å². The van der Waals surface area contributed by atoms with Gasteiger partial charge in [0, 0.05) is 5.57 Å².